The first-order chi connectivity index (χ1) is 13.5. The maximum atomic E-state index is 13.6. The van der Waals surface area contributed by atoms with Crippen LogP contribution in [0.4, 0.5) is 20.3 Å². The summed E-state index contributed by atoms with van der Waals surface area (Å²) in [7, 11) is 0. The van der Waals surface area contributed by atoms with Gasteiger partial charge in [0.05, 0.1) is 11.4 Å². The van der Waals surface area contributed by atoms with E-state index in [9.17, 15) is 13.6 Å². The van der Waals surface area contributed by atoms with Crippen molar-refractivity contribution < 1.29 is 13.6 Å². The molecule has 0 fully saturated rings. The van der Waals surface area contributed by atoms with Gasteiger partial charge in [-0.1, -0.05) is 41.6 Å². The van der Waals surface area contributed by atoms with Crippen LogP contribution in [-0.2, 0) is 11.3 Å². The molecule has 144 valence electrons. The van der Waals surface area contributed by atoms with E-state index in [1.54, 1.807) is 6.07 Å². The van der Waals surface area contributed by atoms with Gasteiger partial charge in [0.15, 0.2) is 0 Å². The Bertz CT molecular complexity index is 990. The van der Waals surface area contributed by atoms with E-state index in [2.05, 4.69) is 20.6 Å². The number of hydrogen-bond acceptors (Lipinski definition) is 5. The molecule has 0 atom stereocenters. The summed E-state index contributed by atoms with van der Waals surface area (Å²) in [5.74, 6) is -1.37. The zero-order chi connectivity index (χ0) is 19.9. The number of rotatable bonds is 7. The maximum Gasteiger partial charge on any atom is 0.234 e. The van der Waals surface area contributed by atoms with Crippen LogP contribution in [0.3, 0.4) is 0 Å². The van der Waals surface area contributed by atoms with Crippen molar-refractivity contribution in [3.63, 3.8) is 0 Å². The number of amides is 1. The first-order valence-electron chi connectivity index (χ1n) is 8.18. The van der Waals surface area contributed by atoms with Crippen molar-refractivity contribution in [2.24, 2.45) is 0 Å². The summed E-state index contributed by atoms with van der Waals surface area (Å²) in [5, 5.41) is 6.78. The van der Waals surface area contributed by atoms with Crippen molar-refractivity contribution in [2.45, 2.75) is 11.6 Å². The zero-order valence-corrected chi connectivity index (χ0v) is 16.0. The smallest absolute Gasteiger partial charge is 0.234 e. The molecular weight excluding hydrogens is 406 g/mol. The van der Waals surface area contributed by atoms with Crippen molar-refractivity contribution in [1.29, 1.82) is 0 Å². The second kappa shape index (κ2) is 9.48. The molecule has 0 saturated carbocycles. The van der Waals surface area contributed by atoms with Crippen LogP contribution in [0.5, 0.6) is 0 Å². The number of carbonyl (C=O) groups is 1. The van der Waals surface area contributed by atoms with E-state index in [0.29, 0.717) is 28.5 Å². The average Bonchev–Trinajstić information content (AvgIpc) is 2.68. The van der Waals surface area contributed by atoms with Gasteiger partial charge in [-0.25, -0.2) is 18.7 Å². The lowest BCUT2D eigenvalue weighted by atomic mass is 10.2. The number of nitrogens with one attached hydrogen (secondary N) is 2. The molecule has 1 amide bonds. The molecule has 0 bridgehead atoms. The standard InChI is InChI=1S/C19H15ClF2N4OS/c20-14-4-2-1-3-12(14)9-23-17-8-19(25-11-24-17)28-10-18(27)26-16-6-5-13(21)7-15(16)22/h1-8,11H,9-10H2,(H,26,27)(H,23,24,25). The van der Waals surface area contributed by atoms with E-state index in [1.807, 2.05) is 24.3 Å². The molecule has 0 saturated heterocycles. The fourth-order valence-electron chi connectivity index (χ4n) is 2.26. The number of nitrogens with zero attached hydrogens (tertiary/aromatic N) is 2. The molecule has 1 aromatic heterocycles. The van der Waals surface area contributed by atoms with Crippen LogP contribution >= 0.6 is 23.4 Å². The first-order valence-corrected chi connectivity index (χ1v) is 9.54. The summed E-state index contributed by atoms with van der Waals surface area (Å²) in [6.07, 6.45) is 1.38. The van der Waals surface area contributed by atoms with Crippen LogP contribution in [0.1, 0.15) is 5.56 Å². The van der Waals surface area contributed by atoms with Crippen LogP contribution in [0.15, 0.2) is 59.9 Å². The SMILES string of the molecule is O=C(CSc1cc(NCc2ccccc2Cl)ncn1)Nc1ccc(F)cc1F. The van der Waals surface area contributed by atoms with E-state index in [-0.39, 0.29) is 11.4 Å². The van der Waals surface area contributed by atoms with Crippen LogP contribution < -0.4 is 10.6 Å². The molecule has 5 nitrogen and oxygen atoms in total. The lowest BCUT2D eigenvalue weighted by Crippen LogP contribution is -2.15. The summed E-state index contributed by atoms with van der Waals surface area (Å²) >= 11 is 7.29. The normalized spacial score (nSPS) is 10.5. The fraction of sp³-hybridized carbons (Fsp3) is 0.105. The van der Waals surface area contributed by atoms with E-state index >= 15 is 0 Å². The van der Waals surface area contributed by atoms with Gasteiger partial charge in [0.1, 0.15) is 28.8 Å². The highest BCUT2D eigenvalue weighted by Gasteiger charge is 2.10. The minimum Gasteiger partial charge on any atom is -0.366 e. The van der Waals surface area contributed by atoms with Crippen molar-refractivity contribution in [3.8, 4) is 0 Å². The van der Waals surface area contributed by atoms with Crippen LogP contribution in [0.2, 0.25) is 5.02 Å². The molecule has 28 heavy (non-hydrogen) atoms. The molecule has 9 heteroatoms. The third-order valence-corrected chi connectivity index (χ3v) is 4.91. The third kappa shape index (κ3) is 5.64. The number of halogens is 3. The number of anilines is 2. The number of thioether (sulfide) groups is 1. The third-order valence-electron chi connectivity index (χ3n) is 3.62. The lowest BCUT2D eigenvalue weighted by Gasteiger charge is -2.09. The number of hydrogen-bond donors (Lipinski definition) is 2. The molecule has 0 unspecified atom stereocenters. The van der Waals surface area contributed by atoms with Gasteiger partial charge in [0.2, 0.25) is 5.91 Å². The van der Waals surface area contributed by atoms with Gasteiger partial charge in [0.25, 0.3) is 0 Å². The van der Waals surface area contributed by atoms with Gasteiger partial charge in [-0.05, 0) is 23.8 Å². The monoisotopic (exact) mass is 420 g/mol. The van der Waals surface area contributed by atoms with E-state index in [1.165, 1.54) is 24.2 Å². The summed E-state index contributed by atoms with van der Waals surface area (Å²) < 4.78 is 26.5. The predicted octanol–water partition coefficient (Wildman–Crippen LogP) is 4.75. The van der Waals surface area contributed by atoms with E-state index < -0.39 is 17.5 Å². The molecule has 0 aliphatic rings. The Morgan fingerprint density at radius 2 is 1.93 bits per heavy atom. The predicted molar refractivity (Wildman–Crippen MR) is 107 cm³/mol. The number of aromatic nitrogens is 2. The molecule has 0 radical (unpaired) electrons. The Balaban J connectivity index is 1.54. The largest absolute Gasteiger partial charge is 0.366 e. The van der Waals surface area contributed by atoms with Crippen molar-refractivity contribution in [1.82, 2.24) is 9.97 Å². The van der Waals surface area contributed by atoms with Gasteiger partial charge in [0, 0.05) is 23.7 Å². The van der Waals surface area contributed by atoms with Crippen LogP contribution in [0, 0.1) is 11.6 Å². The maximum absolute atomic E-state index is 13.6. The van der Waals surface area contributed by atoms with Gasteiger partial charge in [-0.15, -0.1) is 0 Å². The van der Waals surface area contributed by atoms with Gasteiger partial charge in [-0.2, -0.15) is 0 Å². The molecule has 0 spiro atoms. The molecular formula is C19H15ClF2N4OS. The quantitative estimate of drug-likeness (QED) is 0.426. The van der Waals surface area contributed by atoms with Crippen LogP contribution in [-0.4, -0.2) is 21.6 Å². The van der Waals surface area contributed by atoms with Crippen LogP contribution in [0.25, 0.3) is 0 Å². The average molecular weight is 421 g/mol. The highest BCUT2D eigenvalue weighted by molar-refractivity contribution is 7.99. The van der Waals surface area contributed by atoms with Gasteiger partial charge < -0.3 is 10.6 Å². The Morgan fingerprint density at radius 1 is 1.11 bits per heavy atom. The minimum absolute atomic E-state index is 0.0117. The van der Waals surface area contributed by atoms with E-state index in [0.717, 1.165) is 11.6 Å². The highest BCUT2D eigenvalue weighted by Crippen LogP contribution is 2.21. The molecule has 3 rings (SSSR count). The Morgan fingerprint density at radius 3 is 2.71 bits per heavy atom. The first kappa shape index (κ1) is 20.0. The van der Waals surface area contributed by atoms with Crippen molar-refractivity contribution in [3.05, 3.63) is 77.1 Å². The Hall–Kier alpha value is -2.71. The number of carbonyl (C=O) groups excluding carboxylic acids is 1. The summed E-state index contributed by atoms with van der Waals surface area (Å²) in [6, 6.07) is 12.1. The van der Waals surface area contributed by atoms with Crippen molar-refractivity contribution >= 4 is 40.8 Å². The van der Waals surface area contributed by atoms with E-state index in [4.69, 9.17) is 11.6 Å². The second-order valence-corrected chi connectivity index (χ2v) is 7.05. The minimum atomic E-state index is -0.827. The molecule has 1 heterocycles. The molecule has 0 aliphatic carbocycles. The number of benzene rings is 2. The summed E-state index contributed by atoms with van der Waals surface area (Å²) in [6.45, 7) is 0.491. The summed E-state index contributed by atoms with van der Waals surface area (Å²) in [4.78, 5) is 20.2. The molecule has 0 aliphatic heterocycles. The molecule has 2 N–H and O–H groups in total. The molecule has 3 aromatic rings. The Labute approximate surface area is 169 Å². The second-order valence-electron chi connectivity index (χ2n) is 5.65. The lowest BCUT2D eigenvalue weighted by molar-refractivity contribution is -0.113. The highest BCUT2D eigenvalue weighted by atomic mass is 35.5. The fourth-order valence-corrected chi connectivity index (χ4v) is 3.13. The summed E-state index contributed by atoms with van der Waals surface area (Å²) in [5.41, 5.74) is 0.856. The Kier molecular flexibility index (Phi) is 6.78. The van der Waals surface area contributed by atoms with Crippen molar-refractivity contribution in [2.75, 3.05) is 16.4 Å². The zero-order valence-electron chi connectivity index (χ0n) is 14.5. The molecule has 2 aromatic carbocycles. The topological polar surface area (TPSA) is 66.9 Å². The van der Waals surface area contributed by atoms with Gasteiger partial charge >= 0.3 is 0 Å². The van der Waals surface area contributed by atoms with Gasteiger partial charge in [-0.3, -0.25) is 4.79 Å².